The number of ketones is 2. The Balaban J connectivity index is 1.16. The Morgan fingerprint density at radius 1 is 0.528 bits per heavy atom. The highest BCUT2D eigenvalue weighted by Crippen LogP contribution is 2.39. The second-order valence-electron chi connectivity index (χ2n) is 14.7. The first-order valence-electron chi connectivity index (χ1n) is 19.5. The lowest BCUT2D eigenvalue weighted by Crippen LogP contribution is -2.27. The van der Waals surface area contributed by atoms with Gasteiger partial charge >= 0.3 is 11.9 Å². The second-order valence-corrected chi connectivity index (χ2v) is 20.3. The molecule has 0 spiro atoms. The zero-order valence-corrected chi connectivity index (χ0v) is 39.5. The van der Waals surface area contributed by atoms with E-state index >= 15 is 0 Å². The first-order valence-corrected chi connectivity index (χ1v) is 25.3. The van der Waals surface area contributed by atoms with Crippen LogP contribution in [0.1, 0.15) is 22.3 Å². The number of rotatable bonds is 14. The Labute approximate surface area is 406 Å². The van der Waals surface area contributed by atoms with Crippen LogP contribution in [-0.2, 0) is 59.7 Å². The minimum Gasteiger partial charge on any atom is -0.494 e. The van der Waals surface area contributed by atoms with Crippen molar-refractivity contribution >= 4 is 116 Å². The average Bonchev–Trinajstić information content (AvgIpc) is 3.31. The minimum atomic E-state index is -5.19. The van der Waals surface area contributed by atoms with Crippen LogP contribution in [0.5, 0.6) is 11.5 Å². The van der Waals surface area contributed by atoms with E-state index in [0.29, 0.717) is 17.2 Å². The first-order chi connectivity index (χ1) is 33.7. The number of fused-ring (bicyclic) bond motifs is 2. The molecule has 7 rings (SSSR count). The van der Waals surface area contributed by atoms with E-state index in [1.54, 1.807) is 24.3 Å². The summed E-state index contributed by atoms with van der Waals surface area (Å²) in [6, 6.07) is 18.6. The highest BCUT2D eigenvalue weighted by atomic mass is 32.2. The predicted octanol–water partition coefficient (Wildman–Crippen LogP) is 4.56. The third-order valence-electron chi connectivity index (χ3n) is 10.2. The van der Waals surface area contributed by atoms with Crippen LogP contribution in [-0.4, -0.2) is 106 Å². The SMILES string of the molecule is COc1cc(-c2ccc(N/N=C3\C(=O)C(S(=O)(=O)O)=Cc4cc(S(=O)(=O)O)ccc43)c(OC)c2)ccc1N=Nc1ccc(N/N=C2\C(=O)C(S(=O)(=O)O)=Cc3cc(S(=O)(=O)O)ccc32)cc1NC(=O)C(=O)O. The maximum absolute atomic E-state index is 13.2. The van der Waals surface area contributed by atoms with Gasteiger partial charge < -0.3 is 19.9 Å². The lowest BCUT2D eigenvalue weighted by molar-refractivity contribution is -0.147. The van der Waals surface area contributed by atoms with Crippen LogP contribution in [0.4, 0.5) is 28.4 Å². The molecule has 0 fully saturated rings. The molecule has 2 aliphatic rings. The fraction of sp³-hybridized carbons (Fsp3) is 0.0476. The summed E-state index contributed by atoms with van der Waals surface area (Å²) in [5, 5.41) is 27.8. The van der Waals surface area contributed by atoms with Crippen LogP contribution >= 0.6 is 0 Å². The number of nitrogens with one attached hydrogen (secondary N) is 3. The fourth-order valence-corrected chi connectivity index (χ4v) is 9.03. The van der Waals surface area contributed by atoms with Gasteiger partial charge in [0.05, 0.1) is 41.1 Å². The number of methoxy groups -OCH3 is 2. The number of azo groups is 1. The number of amides is 1. The lowest BCUT2D eigenvalue weighted by atomic mass is 9.94. The number of nitrogens with zero attached hydrogens (tertiary/aromatic N) is 4. The number of ether oxygens (including phenoxy) is 2. The molecule has 0 heterocycles. The summed E-state index contributed by atoms with van der Waals surface area (Å²) in [5.41, 5.74) is 4.11. The molecule has 0 aliphatic heterocycles. The van der Waals surface area contributed by atoms with Crippen molar-refractivity contribution in [3.63, 3.8) is 0 Å². The monoisotopic (exact) mass is 1070 g/mol. The van der Waals surface area contributed by atoms with Crippen molar-refractivity contribution in [2.24, 2.45) is 20.4 Å². The van der Waals surface area contributed by atoms with Crippen molar-refractivity contribution < 1.29 is 85.6 Å². The molecule has 0 radical (unpaired) electrons. The average molecular weight is 1070 g/mol. The second kappa shape index (κ2) is 19.4. The number of carboxylic acid groups (broad SMARTS) is 1. The van der Waals surface area contributed by atoms with Gasteiger partial charge in [0.25, 0.3) is 40.5 Å². The molecule has 5 aromatic rings. The summed E-state index contributed by atoms with van der Waals surface area (Å²) in [6.45, 7) is 0. The van der Waals surface area contributed by atoms with Crippen molar-refractivity contribution in [3.05, 3.63) is 123 Å². The third kappa shape index (κ3) is 11.0. The molecular formula is C42H31N7O19S4. The molecule has 8 N–H and O–H groups in total. The molecular weight excluding hydrogens is 1030 g/mol. The van der Waals surface area contributed by atoms with Gasteiger partial charge in [-0.1, -0.05) is 24.3 Å². The fourth-order valence-electron chi connectivity index (χ4n) is 6.79. The van der Waals surface area contributed by atoms with E-state index in [2.05, 4.69) is 36.6 Å². The topological polar surface area (TPSA) is 410 Å². The van der Waals surface area contributed by atoms with E-state index in [1.807, 2.05) is 0 Å². The first kappa shape index (κ1) is 51.5. The Hall–Kier alpha value is -8.36. The summed E-state index contributed by atoms with van der Waals surface area (Å²) >= 11 is 0. The number of carbonyl (C=O) groups is 4. The van der Waals surface area contributed by atoms with Crippen molar-refractivity contribution in [1.82, 2.24) is 0 Å². The number of allylic oxidation sites excluding steroid dienone is 2. The molecule has 26 nitrogen and oxygen atoms in total. The van der Waals surface area contributed by atoms with Crippen molar-refractivity contribution in [1.29, 1.82) is 0 Å². The molecule has 0 unspecified atom stereocenters. The number of Topliss-reactive ketones (excluding diaryl/α,β-unsaturated/α-hetero) is 2. The summed E-state index contributed by atoms with van der Waals surface area (Å²) in [7, 11) is -17.2. The van der Waals surface area contributed by atoms with Gasteiger partial charge in [-0.3, -0.25) is 43.4 Å². The van der Waals surface area contributed by atoms with E-state index in [-0.39, 0.29) is 62.2 Å². The molecule has 5 aromatic carbocycles. The minimum absolute atomic E-state index is 0.0447. The molecule has 1 amide bonds. The molecule has 0 bridgehead atoms. The Morgan fingerprint density at radius 2 is 1.00 bits per heavy atom. The number of anilines is 3. The summed E-state index contributed by atoms with van der Waals surface area (Å²) in [6.07, 6.45) is 1.42. The maximum Gasteiger partial charge on any atom is 0.394 e. The van der Waals surface area contributed by atoms with Gasteiger partial charge in [0.1, 0.15) is 44.1 Å². The Morgan fingerprint density at radius 3 is 1.49 bits per heavy atom. The van der Waals surface area contributed by atoms with E-state index in [4.69, 9.17) is 9.47 Å². The smallest absolute Gasteiger partial charge is 0.394 e. The van der Waals surface area contributed by atoms with Crippen molar-refractivity contribution in [2.75, 3.05) is 30.4 Å². The van der Waals surface area contributed by atoms with Crippen LogP contribution in [0, 0.1) is 0 Å². The highest BCUT2D eigenvalue weighted by Gasteiger charge is 2.35. The molecule has 0 saturated carbocycles. The van der Waals surface area contributed by atoms with Crippen LogP contribution in [0.15, 0.2) is 131 Å². The molecule has 0 aromatic heterocycles. The number of hydrogen-bond acceptors (Lipinski definition) is 20. The van der Waals surface area contributed by atoms with Gasteiger partial charge in [-0.25, -0.2) is 4.79 Å². The predicted molar refractivity (Wildman–Crippen MR) is 254 cm³/mol. The Kier molecular flexibility index (Phi) is 13.9. The van der Waals surface area contributed by atoms with Crippen LogP contribution < -0.4 is 25.6 Å². The number of carboxylic acids is 1. The summed E-state index contributed by atoms with van der Waals surface area (Å²) < 4.78 is 145. The van der Waals surface area contributed by atoms with Gasteiger partial charge in [0.2, 0.25) is 11.6 Å². The maximum atomic E-state index is 13.2. The molecule has 0 saturated heterocycles. The zero-order chi connectivity index (χ0) is 52.7. The number of hydrazone groups is 2. The molecule has 0 atom stereocenters. The number of benzene rings is 5. The molecule has 72 heavy (non-hydrogen) atoms. The van der Waals surface area contributed by atoms with Gasteiger partial charge in [-0.05, 0) is 101 Å². The summed E-state index contributed by atoms with van der Waals surface area (Å²) in [4.78, 5) is 46.7. The zero-order valence-electron chi connectivity index (χ0n) is 36.2. The van der Waals surface area contributed by atoms with Crippen molar-refractivity contribution in [2.45, 2.75) is 9.79 Å². The van der Waals surface area contributed by atoms with E-state index in [0.717, 1.165) is 48.5 Å². The van der Waals surface area contributed by atoms with E-state index in [9.17, 15) is 76.2 Å². The normalized spacial score (nSPS) is 15.1. The number of hydrogen-bond donors (Lipinski definition) is 8. The molecule has 372 valence electrons. The van der Waals surface area contributed by atoms with Gasteiger partial charge in [0, 0.05) is 11.1 Å². The third-order valence-corrected chi connectivity index (χ3v) is 13.6. The van der Waals surface area contributed by atoms with E-state index < -0.39 is 94.9 Å². The quantitative estimate of drug-likeness (QED) is 0.0327. The van der Waals surface area contributed by atoms with Gasteiger partial charge in [0.15, 0.2) is 0 Å². The Bertz CT molecular complexity index is 3850. The standard InChI is InChI=1S/C42H31N7O19S4/c1-67-33-15-20(21-4-11-31(34(16-21)68-2)47-49-38-28-9-7-26(70(58,59)60)14-23(28)18-36(40(38)51)72(64,65)66)3-10-30(33)46-45-29-12-5-24(19-32(29)43-41(52)42(53)54)44-48-37-27-8-6-25(69(55,56)57)13-22(27)17-35(39(37)50)71(61,62)63/h3-19,44,47H,1-2H3,(H,43,52)(H,53,54)(H,55,56,57)(H,58,59,60)(H,61,62,63)(H,64,65,66)/b46-45?,48-37-,49-38-. The van der Waals surface area contributed by atoms with Gasteiger partial charge in [-0.15, -0.1) is 10.2 Å². The lowest BCUT2D eigenvalue weighted by Gasteiger charge is -2.17. The van der Waals surface area contributed by atoms with Crippen LogP contribution in [0.2, 0.25) is 0 Å². The molecule has 2 aliphatic carbocycles. The number of aliphatic carboxylic acids is 1. The van der Waals surface area contributed by atoms with E-state index in [1.165, 1.54) is 38.5 Å². The van der Waals surface area contributed by atoms with Gasteiger partial charge in [-0.2, -0.15) is 43.9 Å². The molecule has 30 heteroatoms. The highest BCUT2D eigenvalue weighted by molar-refractivity contribution is 7.91. The summed E-state index contributed by atoms with van der Waals surface area (Å²) in [5.74, 6) is -5.67. The van der Waals surface area contributed by atoms with Crippen LogP contribution in [0.25, 0.3) is 23.3 Å². The van der Waals surface area contributed by atoms with Crippen molar-refractivity contribution in [3.8, 4) is 22.6 Å². The largest absolute Gasteiger partial charge is 0.494 e. The number of carbonyl (C=O) groups excluding carboxylic acids is 3. The van der Waals surface area contributed by atoms with Crippen LogP contribution in [0.3, 0.4) is 0 Å².